The van der Waals surface area contributed by atoms with E-state index in [9.17, 15) is 8.42 Å². The zero-order chi connectivity index (χ0) is 19.6. The SMILES string of the molecule is CCCCS(=O)(=O)Nc1ccc(-c2ccc3nnc(-c4cccs4)n3n2)cc1. The van der Waals surface area contributed by atoms with Crippen LogP contribution in [0.25, 0.3) is 27.6 Å². The third-order valence-electron chi connectivity index (χ3n) is 4.23. The van der Waals surface area contributed by atoms with Crippen molar-refractivity contribution in [2.45, 2.75) is 19.8 Å². The molecular formula is C19H19N5O2S2. The second kappa shape index (κ2) is 7.69. The first kappa shape index (κ1) is 18.6. The number of aromatic nitrogens is 4. The summed E-state index contributed by atoms with van der Waals surface area (Å²) in [6.07, 6.45) is 1.48. The van der Waals surface area contributed by atoms with E-state index < -0.39 is 10.0 Å². The Balaban J connectivity index is 1.61. The van der Waals surface area contributed by atoms with Crippen molar-refractivity contribution < 1.29 is 8.42 Å². The minimum Gasteiger partial charge on any atom is -0.284 e. The first-order chi connectivity index (χ1) is 13.6. The highest BCUT2D eigenvalue weighted by atomic mass is 32.2. The molecular weight excluding hydrogens is 394 g/mol. The largest absolute Gasteiger partial charge is 0.284 e. The van der Waals surface area contributed by atoms with Crippen molar-refractivity contribution in [3.05, 3.63) is 53.9 Å². The smallest absolute Gasteiger partial charge is 0.232 e. The normalized spacial score (nSPS) is 11.8. The van der Waals surface area contributed by atoms with Gasteiger partial charge in [-0.2, -0.15) is 9.61 Å². The summed E-state index contributed by atoms with van der Waals surface area (Å²) < 4.78 is 28.4. The molecule has 9 heteroatoms. The Morgan fingerprint density at radius 1 is 1.07 bits per heavy atom. The minimum atomic E-state index is -3.31. The summed E-state index contributed by atoms with van der Waals surface area (Å²) in [6.45, 7) is 1.97. The topological polar surface area (TPSA) is 89.2 Å². The molecule has 0 aliphatic carbocycles. The van der Waals surface area contributed by atoms with Crippen molar-refractivity contribution in [1.29, 1.82) is 0 Å². The monoisotopic (exact) mass is 413 g/mol. The van der Waals surface area contributed by atoms with Crippen LogP contribution in [-0.2, 0) is 10.0 Å². The zero-order valence-corrected chi connectivity index (χ0v) is 16.9. The molecule has 0 aliphatic rings. The van der Waals surface area contributed by atoms with E-state index in [4.69, 9.17) is 0 Å². The van der Waals surface area contributed by atoms with E-state index in [0.717, 1.165) is 22.6 Å². The standard InChI is InChI=1S/C19H19N5O2S2/c1-2-3-13-28(25,26)23-15-8-6-14(7-9-15)16-10-11-18-20-21-19(24(18)22-16)17-5-4-12-27-17/h4-12,23H,2-3,13H2,1H3. The van der Waals surface area contributed by atoms with Gasteiger partial charge >= 0.3 is 0 Å². The minimum absolute atomic E-state index is 0.128. The molecule has 0 saturated carbocycles. The van der Waals surface area contributed by atoms with Gasteiger partial charge in [0, 0.05) is 11.3 Å². The molecule has 0 unspecified atom stereocenters. The van der Waals surface area contributed by atoms with Crippen LogP contribution in [-0.4, -0.2) is 34.0 Å². The van der Waals surface area contributed by atoms with Crippen LogP contribution in [0.1, 0.15) is 19.8 Å². The average Bonchev–Trinajstić information content (AvgIpc) is 3.35. The highest BCUT2D eigenvalue weighted by molar-refractivity contribution is 7.92. The number of hydrogen-bond acceptors (Lipinski definition) is 6. The number of thiophene rings is 1. The van der Waals surface area contributed by atoms with Gasteiger partial charge in [0.15, 0.2) is 11.5 Å². The lowest BCUT2D eigenvalue weighted by atomic mass is 10.1. The Morgan fingerprint density at radius 2 is 1.89 bits per heavy atom. The number of rotatable bonds is 7. The molecule has 0 radical (unpaired) electrons. The second-order valence-electron chi connectivity index (χ2n) is 6.34. The third kappa shape index (κ3) is 3.90. The lowest BCUT2D eigenvalue weighted by molar-refractivity contribution is 0.598. The fraction of sp³-hybridized carbons (Fsp3) is 0.211. The molecule has 7 nitrogen and oxygen atoms in total. The Bertz CT molecular complexity index is 1180. The quantitative estimate of drug-likeness (QED) is 0.493. The van der Waals surface area contributed by atoms with Crippen LogP contribution in [0, 0.1) is 0 Å². The summed E-state index contributed by atoms with van der Waals surface area (Å²) in [5, 5.41) is 15.1. The van der Waals surface area contributed by atoms with Crippen LogP contribution < -0.4 is 4.72 Å². The van der Waals surface area contributed by atoms with Crippen LogP contribution in [0.2, 0.25) is 0 Å². The number of benzene rings is 1. The molecule has 1 N–H and O–H groups in total. The first-order valence-electron chi connectivity index (χ1n) is 8.93. The zero-order valence-electron chi connectivity index (χ0n) is 15.2. The van der Waals surface area contributed by atoms with E-state index in [1.807, 2.05) is 48.7 Å². The van der Waals surface area contributed by atoms with Gasteiger partial charge in [-0.3, -0.25) is 4.72 Å². The molecule has 0 saturated heterocycles. The number of fused-ring (bicyclic) bond motifs is 1. The van der Waals surface area contributed by atoms with E-state index in [0.29, 0.717) is 23.6 Å². The Morgan fingerprint density at radius 3 is 2.61 bits per heavy atom. The molecule has 0 atom stereocenters. The number of hydrogen-bond donors (Lipinski definition) is 1. The summed E-state index contributed by atoms with van der Waals surface area (Å²) in [7, 11) is -3.31. The maximum absolute atomic E-state index is 12.0. The number of nitrogens with one attached hydrogen (secondary N) is 1. The van der Waals surface area contributed by atoms with Crippen LogP contribution in [0.15, 0.2) is 53.9 Å². The van der Waals surface area contributed by atoms with Crippen molar-refractivity contribution in [3.8, 4) is 22.0 Å². The maximum Gasteiger partial charge on any atom is 0.232 e. The molecule has 0 spiro atoms. The van der Waals surface area contributed by atoms with Gasteiger partial charge in [-0.25, -0.2) is 8.42 Å². The van der Waals surface area contributed by atoms with E-state index in [1.54, 1.807) is 28.0 Å². The van der Waals surface area contributed by atoms with E-state index >= 15 is 0 Å². The molecule has 0 amide bonds. The Hall–Kier alpha value is -2.78. The molecule has 0 fully saturated rings. The van der Waals surface area contributed by atoms with Crippen molar-refractivity contribution in [2.24, 2.45) is 0 Å². The Kier molecular flexibility index (Phi) is 5.10. The van der Waals surface area contributed by atoms with Crippen molar-refractivity contribution in [3.63, 3.8) is 0 Å². The summed E-state index contributed by atoms with van der Waals surface area (Å²) in [5.74, 6) is 0.829. The van der Waals surface area contributed by atoms with Crippen molar-refractivity contribution in [2.75, 3.05) is 10.5 Å². The van der Waals surface area contributed by atoms with Gasteiger partial charge in [0.2, 0.25) is 10.0 Å². The highest BCUT2D eigenvalue weighted by Crippen LogP contribution is 2.25. The molecule has 0 aliphatic heterocycles. The summed E-state index contributed by atoms with van der Waals surface area (Å²) in [6, 6.07) is 14.9. The maximum atomic E-state index is 12.0. The van der Waals surface area contributed by atoms with Gasteiger partial charge < -0.3 is 0 Å². The second-order valence-corrected chi connectivity index (χ2v) is 9.13. The predicted octanol–water partition coefficient (Wildman–Crippen LogP) is 4.06. The van der Waals surface area contributed by atoms with E-state index in [-0.39, 0.29) is 5.75 Å². The van der Waals surface area contributed by atoms with Crippen LogP contribution >= 0.6 is 11.3 Å². The lowest BCUT2D eigenvalue weighted by Crippen LogP contribution is -2.16. The predicted molar refractivity (Wildman–Crippen MR) is 112 cm³/mol. The van der Waals surface area contributed by atoms with Gasteiger partial charge in [-0.05, 0) is 42.1 Å². The number of anilines is 1. The van der Waals surface area contributed by atoms with Crippen LogP contribution in [0.5, 0.6) is 0 Å². The van der Waals surface area contributed by atoms with Crippen LogP contribution in [0.4, 0.5) is 5.69 Å². The molecule has 144 valence electrons. The summed E-state index contributed by atoms with van der Waals surface area (Å²) in [5.41, 5.74) is 2.85. The molecule has 0 bridgehead atoms. The molecule has 4 aromatic rings. The average molecular weight is 414 g/mol. The fourth-order valence-corrected chi connectivity index (χ4v) is 4.74. The Labute approximate surface area is 167 Å². The molecule has 3 heterocycles. The fourth-order valence-electron chi connectivity index (χ4n) is 2.78. The highest BCUT2D eigenvalue weighted by Gasteiger charge is 2.12. The number of nitrogens with zero attached hydrogens (tertiary/aromatic N) is 4. The van der Waals surface area contributed by atoms with E-state index in [1.165, 1.54) is 0 Å². The van der Waals surface area contributed by atoms with Gasteiger partial charge in [0.05, 0.1) is 16.3 Å². The third-order valence-corrected chi connectivity index (χ3v) is 6.46. The molecule has 1 aromatic carbocycles. The lowest BCUT2D eigenvalue weighted by Gasteiger charge is -2.08. The van der Waals surface area contributed by atoms with E-state index in [2.05, 4.69) is 20.0 Å². The summed E-state index contributed by atoms with van der Waals surface area (Å²) >= 11 is 1.58. The van der Waals surface area contributed by atoms with Crippen molar-refractivity contribution >= 4 is 32.7 Å². The van der Waals surface area contributed by atoms with Gasteiger partial charge in [-0.1, -0.05) is 31.5 Å². The molecule has 4 rings (SSSR count). The van der Waals surface area contributed by atoms with Gasteiger partial charge in [0.1, 0.15) is 0 Å². The number of sulfonamides is 1. The van der Waals surface area contributed by atoms with Gasteiger partial charge in [0.25, 0.3) is 0 Å². The van der Waals surface area contributed by atoms with Crippen LogP contribution in [0.3, 0.4) is 0 Å². The number of unbranched alkanes of at least 4 members (excludes halogenated alkanes) is 1. The molecule has 28 heavy (non-hydrogen) atoms. The van der Waals surface area contributed by atoms with Gasteiger partial charge in [-0.15, -0.1) is 21.5 Å². The summed E-state index contributed by atoms with van der Waals surface area (Å²) in [4.78, 5) is 0.994. The molecule has 3 aromatic heterocycles. The first-order valence-corrected chi connectivity index (χ1v) is 11.5. The van der Waals surface area contributed by atoms with Crippen molar-refractivity contribution in [1.82, 2.24) is 19.8 Å².